The van der Waals surface area contributed by atoms with E-state index in [1.54, 1.807) is 0 Å². The van der Waals surface area contributed by atoms with Crippen molar-refractivity contribution in [3.05, 3.63) is 29.3 Å². The average Bonchev–Trinajstić information content (AvgIpc) is 2.54. The molecule has 0 saturated carbocycles. The minimum atomic E-state index is -0.149. The minimum Gasteiger partial charge on any atom is -0.384 e. The van der Waals surface area contributed by atoms with E-state index in [1.807, 2.05) is 18.2 Å². The fourth-order valence-electron chi connectivity index (χ4n) is 1.43. The lowest BCUT2D eigenvalue weighted by Gasteiger charge is -1.97. The fourth-order valence-corrected chi connectivity index (χ4v) is 1.43. The lowest BCUT2D eigenvalue weighted by atomic mass is 10.1. The van der Waals surface area contributed by atoms with Crippen molar-refractivity contribution >= 4 is 11.6 Å². The Morgan fingerprint density at radius 2 is 2.36 bits per heavy atom. The molecule has 0 fully saturated rings. The zero-order chi connectivity index (χ0) is 9.97. The maximum atomic E-state index is 11.0. The molecule has 1 aliphatic rings. The third-order valence-electron chi connectivity index (χ3n) is 2.05. The standard InChI is InChI=1S/C11H9NO2/c13-5-1-2-8-3-4-9-7-11(14)12-10(9)6-8/h3-4,6,13H,5,7H2,(H,12,14). The van der Waals surface area contributed by atoms with Gasteiger partial charge in [0.05, 0.1) is 6.42 Å². The first-order chi connectivity index (χ1) is 6.79. The SMILES string of the molecule is O=C1Cc2ccc(C#CCO)cc2N1. The molecule has 0 radical (unpaired) electrons. The first-order valence-electron chi connectivity index (χ1n) is 4.32. The molecule has 1 aromatic carbocycles. The molecule has 0 unspecified atom stereocenters. The third kappa shape index (κ3) is 1.61. The number of hydrogen-bond donors (Lipinski definition) is 2. The normalized spacial score (nSPS) is 12.8. The zero-order valence-corrected chi connectivity index (χ0v) is 7.50. The van der Waals surface area contributed by atoms with Crippen molar-refractivity contribution < 1.29 is 9.90 Å². The van der Waals surface area contributed by atoms with Gasteiger partial charge in [0.2, 0.25) is 5.91 Å². The highest BCUT2D eigenvalue weighted by molar-refractivity contribution is 5.99. The van der Waals surface area contributed by atoms with Crippen LogP contribution in [-0.4, -0.2) is 17.6 Å². The van der Waals surface area contributed by atoms with Crippen molar-refractivity contribution in [1.29, 1.82) is 0 Å². The molecule has 1 aliphatic heterocycles. The van der Waals surface area contributed by atoms with E-state index >= 15 is 0 Å². The molecule has 14 heavy (non-hydrogen) atoms. The number of nitrogens with one attached hydrogen (secondary N) is 1. The molecular formula is C11H9NO2. The highest BCUT2D eigenvalue weighted by Crippen LogP contribution is 2.23. The molecule has 0 bridgehead atoms. The second kappa shape index (κ2) is 3.52. The summed E-state index contributed by atoms with van der Waals surface area (Å²) in [5.41, 5.74) is 2.64. The zero-order valence-electron chi connectivity index (χ0n) is 7.50. The number of hydrogen-bond acceptors (Lipinski definition) is 2. The maximum Gasteiger partial charge on any atom is 0.228 e. The van der Waals surface area contributed by atoms with Crippen molar-refractivity contribution in [2.75, 3.05) is 11.9 Å². The molecule has 0 aromatic heterocycles. The van der Waals surface area contributed by atoms with Gasteiger partial charge in [0.1, 0.15) is 6.61 Å². The molecule has 2 rings (SSSR count). The van der Waals surface area contributed by atoms with Crippen LogP contribution in [0.5, 0.6) is 0 Å². The van der Waals surface area contributed by atoms with Crippen LogP contribution in [0.15, 0.2) is 18.2 Å². The summed E-state index contributed by atoms with van der Waals surface area (Å²) in [6, 6.07) is 5.55. The van der Waals surface area contributed by atoms with Crippen LogP contribution in [0.3, 0.4) is 0 Å². The van der Waals surface area contributed by atoms with Crippen LogP contribution in [0, 0.1) is 11.8 Å². The van der Waals surface area contributed by atoms with E-state index in [1.165, 1.54) is 0 Å². The first kappa shape index (κ1) is 8.79. The molecule has 1 aromatic rings. The molecule has 1 heterocycles. The van der Waals surface area contributed by atoms with Crippen molar-refractivity contribution in [1.82, 2.24) is 0 Å². The summed E-state index contributed by atoms with van der Waals surface area (Å²) in [4.78, 5) is 11.0. The summed E-state index contributed by atoms with van der Waals surface area (Å²) in [6.45, 7) is -0.149. The lowest BCUT2D eigenvalue weighted by molar-refractivity contribution is -0.115. The molecule has 1 amide bonds. The summed E-state index contributed by atoms with van der Waals surface area (Å²) in [7, 11) is 0. The Morgan fingerprint density at radius 3 is 3.14 bits per heavy atom. The van der Waals surface area contributed by atoms with E-state index in [4.69, 9.17) is 5.11 Å². The second-order valence-electron chi connectivity index (χ2n) is 3.06. The molecule has 0 saturated heterocycles. The van der Waals surface area contributed by atoms with Gasteiger partial charge in [-0.2, -0.15) is 0 Å². The van der Waals surface area contributed by atoms with E-state index in [9.17, 15) is 4.79 Å². The van der Waals surface area contributed by atoms with Crippen LogP contribution in [0.4, 0.5) is 5.69 Å². The summed E-state index contributed by atoms with van der Waals surface area (Å²) < 4.78 is 0. The number of aliphatic hydroxyl groups excluding tert-OH is 1. The van der Waals surface area contributed by atoms with E-state index in [0.29, 0.717) is 6.42 Å². The van der Waals surface area contributed by atoms with Gasteiger partial charge in [-0.3, -0.25) is 4.79 Å². The van der Waals surface area contributed by atoms with Gasteiger partial charge in [-0.25, -0.2) is 0 Å². The lowest BCUT2D eigenvalue weighted by Crippen LogP contribution is -2.03. The van der Waals surface area contributed by atoms with Crippen molar-refractivity contribution in [2.45, 2.75) is 6.42 Å². The van der Waals surface area contributed by atoms with Crippen LogP contribution in [0.2, 0.25) is 0 Å². The smallest absolute Gasteiger partial charge is 0.228 e. The van der Waals surface area contributed by atoms with Crippen LogP contribution < -0.4 is 5.32 Å². The van der Waals surface area contributed by atoms with Crippen LogP contribution >= 0.6 is 0 Å². The Bertz CT molecular complexity index is 440. The molecule has 3 heteroatoms. The van der Waals surface area contributed by atoms with Crippen LogP contribution in [0.25, 0.3) is 0 Å². The Labute approximate surface area is 81.8 Å². The molecule has 0 atom stereocenters. The number of carbonyl (C=O) groups excluding carboxylic acids is 1. The highest BCUT2D eigenvalue weighted by atomic mass is 16.2. The molecule has 0 aliphatic carbocycles. The number of rotatable bonds is 0. The summed E-state index contributed by atoms with van der Waals surface area (Å²) in [5, 5.41) is 11.3. The van der Waals surface area contributed by atoms with Gasteiger partial charge in [-0.15, -0.1) is 0 Å². The number of fused-ring (bicyclic) bond motifs is 1. The summed E-state index contributed by atoms with van der Waals surface area (Å²) >= 11 is 0. The predicted octanol–water partition coefficient (Wildman–Crippen LogP) is 0.525. The number of aliphatic hydroxyl groups is 1. The topological polar surface area (TPSA) is 49.3 Å². The number of carbonyl (C=O) groups is 1. The summed E-state index contributed by atoms with van der Waals surface area (Å²) in [6.07, 6.45) is 0.447. The van der Waals surface area contributed by atoms with Crippen molar-refractivity contribution in [3.8, 4) is 11.8 Å². The highest BCUT2D eigenvalue weighted by Gasteiger charge is 2.16. The average molecular weight is 187 g/mol. The fraction of sp³-hybridized carbons (Fsp3) is 0.182. The van der Waals surface area contributed by atoms with Crippen LogP contribution in [-0.2, 0) is 11.2 Å². The van der Waals surface area contributed by atoms with E-state index in [2.05, 4.69) is 17.2 Å². The molecule has 0 spiro atoms. The Kier molecular flexibility index (Phi) is 2.21. The van der Waals surface area contributed by atoms with Gasteiger partial charge >= 0.3 is 0 Å². The maximum absolute atomic E-state index is 11.0. The van der Waals surface area contributed by atoms with Crippen LogP contribution in [0.1, 0.15) is 11.1 Å². The van der Waals surface area contributed by atoms with Gasteiger partial charge in [0.15, 0.2) is 0 Å². The van der Waals surface area contributed by atoms with Gasteiger partial charge in [0.25, 0.3) is 0 Å². The molecular weight excluding hydrogens is 178 g/mol. The van der Waals surface area contributed by atoms with Gasteiger partial charge in [-0.05, 0) is 17.7 Å². The van der Waals surface area contributed by atoms with Crippen molar-refractivity contribution in [3.63, 3.8) is 0 Å². The van der Waals surface area contributed by atoms with E-state index in [0.717, 1.165) is 16.8 Å². The monoisotopic (exact) mass is 187 g/mol. The summed E-state index contributed by atoms with van der Waals surface area (Å²) in [5.74, 6) is 5.37. The third-order valence-corrected chi connectivity index (χ3v) is 2.05. The Balaban J connectivity index is 2.33. The van der Waals surface area contributed by atoms with E-state index in [-0.39, 0.29) is 12.5 Å². The van der Waals surface area contributed by atoms with Crippen molar-refractivity contribution in [2.24, 2.45) is 0 Å². The first-order valence-corrected chi connectivity index (χ1v) is 4.32. The Morgan fingerprint density at radius 1 is 1.50 bits per heavy atom. The second-order valence-corrected chi connectivity index (χ2v) is 3.06. The van der Waals surface area contributed by atoms with Gasteiger partial charge in [-0.1, -0.05) is 17.9 Å². The van der Waals surface area contributed by atoms with Gasteiger partial charge < -0.3 is 10.4 Å². The molecule has 70 valence electrons. The quantitative estimate of drug-likeness (QED) is 0.582. The van der Waals surface area contributed by atoms with E-state index < -0.39 is 0 Å². The number of amides is 1. The minimum absolute atomic E-state index is 0.0206. The van der Waals surface area contributed by atoms with Gasteiger partial charge in [0, 0.05) is 11.3 Å². The number of anilines is 1. The molecule has 2 N–H and O–H groups in total. The Hall–Kier alpha value is -1.79. The molecule has 3 nitrogen and oxygen atoms in total. The largest absolute Gasteiger partial charge is 0.384 e. The predicted molar refractivity (Wildman–Crippen MR) is 52.7 cm³/mol. The number of benzene rings is 1.